The summed E-state index contributed by atoms with van der Waals surface area (Å²) in [4.78, 5) is 6.59. The zero-order valence-electron chi connectivity index (χ0n) is 10.5. The molecule has 0 aliphatic carbocycles. The zero-order chi connectivity index (χ0) is 15.8. The first-order chi connectivity index (χ1) is 8.86. The van der Waals surface area contributed by atoms with Crippen LogP contribution in [0.1, 0.15) is 13.8 Å². The van der Waals surface area contributed by atoms with Crippen molar-refractivity contribution in [1.29, 1.82) is 0 Å². The normalized spacial score (nSPS) is 28.8. The van der Waals surface area contributed by atoms with Gasteiger partial charge in [-0.2, -0.15) is 26.3 Å². The molecule has 0 saturated heterocycles. The fourth-order valence-corrected chi connectivity index (χ4v) is 1.26. The van der Waals surface area contributed by atoms with Gasteiger partial charge in [-0.25, -0.2) is 9.98 Å². The van der Waals surface area contributed by atoms with E-state index < -0.39 is 36.1 Å². The standard InChI is InChI=1S/C9H13F6N5/c1-4(7(10,11)12)9(16)18-3-17-6(20-9)19-5(2)8(13,14)15/h3-5H,16H2,1-2H3,(H2,17,18,19,20)/t4-,5-,9?/m0/s1. The van der Waals surface area contributed by atoms with Crippen LogP contribution in [0.4, 0.5) is 26.3 Å². The number of guanidine groups is 1. The molecule has 116 valence electrons. The Morgan fingerprint density at radius 3 is 2.20 bits per heavy atom. The molecule has 1 aliphatic heterocycles. The molecule has 20 heavy (non-hydrogen) atoms. The topological polar surface area (TPSA) is 74.8 Å². The third kappa shape index (κ3) is 3.74. The van der Waals surface area contributed by atoms with Gasteiger partial charge in [0.05, 0.1) is 6.34 Å². The van der Waals surface area contributed by atoms with Crippen molar-refractivity contribution in [3.05, 3.63) is 0 Å². The van der Waals surface area contributed by atoms with Crippen LogP contribution in [0.5, 0.6) is 0 Å². The highest BCUT2D eigenvalue weighted by atomic mass is 19.4. The van der Waals surface area contributed by atoms with Crippen LogP contribution in [-0.2, 0) is 0 Å². The van der Waals surface area contributed by atoms with Crippen molar-refractivity contribution in [1.82, 2.24) is 10.6 Å². The molecule has 0 aromatic rings. The highest BCUT2D eigenvalue weighted by molar-refractivity contribution is 5.92. The van der Waals surface area contributed by atoms with Gasteiger partial charge >= 0.3 is 12.4 Å². The SMILES string of the molecule is C[C@H](N=C1NC=NC(N)([C@@H](C)C(F)(F)F)N1)C(F)(F)F. The minimum Gasteiger partial charge on any atom is -0.319 e. The molecular formula is C9H13F6N5. The second-order valence-electron chi connectivity index (χ2n) is 4.31. The Balaban J connectivity index is 2.95. The molecule has 1 heterocycles. The smallest absolute Gasteiger partial charge is 0.319 e. The van der Waals surface area contributed by atoms with Crippen LogP contribution < -0.4 is 16.4 Å². The molecule has 0 saturated carbocycles. The molecule has 1 unspecified atom stereocenters. The zero-order valence-corrected chi connectivity index (χ0v) is 10.5. The predicted octanol–water partition coefficient (Wildman–Crippen LogP) is 1.33. The van der Waals surface area contributed by atoms with Gasteiger partial charge in [-0.3, -0.25) is 5.73 Å². The van der Waals surface area contributed by atoms with Crippen molar-refractivity contribution in [2.45, 2.75) is 38.0 Å². The molecule has 5 nitrogen and oxygen atoms in total. The molecule has 11 heteroatoms. The Morgan fingerprint density at radius 1 is 1.20 bits per heavy atom. The van der Waals surface area contributed by atoms with Gasteiger partial charge < -0.3 is 10.6 Å². The molecule has 0 aromatic carbocycles. The largest absolute Gasteiger partial charge is 0.410 e. The Labute approximate surface area is 110 Å². The van der Waals surface area contributed by atoms with E-state index in [9.17, 15) is 26.3 Å². The number of alkyl halides is 6. The van der Waals surface area contributed by atoms with Gasteiger partial charge in [0.25, 0.3) is 0 Å². The second kappa shape index (κ2) is 5.11. The lowest BCUT2D eigenvalue weighted by atomic mass is 10.0. The maximum atomic E-state index is 12.6. The quantitative estimate of drug-likeness (QED) is 0.674. The van der Waals surface area contributed by atoms with Gasteiger partial charge in [0.15, 0.2) is 11.7 Å². The summed E-state index contributed by atoms with van der Waals surface area (Å²) in [5.74, 6) is -4.96. The van der Waals surface area contributed by atoms with Gasteiger partial charge in [0, 0.05) is 0 Å². The number of halogens is 6. The summed E-state index contributed by atoms with van der Waals surface area (Å²) in [6.07, 6.45) is -8.50. The summed E-state index contributed by atoms with van der Waals surface area (Å²) < 4.78 is 74.9. The lowest BCUT2D eigenvalue weighted by molar-refractivity contribution is -0.188. The van der Waals surface area contributed by atoms with E-state index in [4.69, 9.17) is 5.73 Å². The van der Waals surface area contributed by atoms with Crippen LogP contribution in [0.25, 0.3) is 0 Å². The van der Waals surface area contributed by atoms with E-state index in [2.05, 4.69) is 15.3 Å². The summed E-state index contributed by atoms with van der Waals surface area (Å²) in [6, 6.07) is -2.10. The molecule has 0 radical (unpaired) electrons. The van der Waals surface area contributed by atoms with Crippen LogP contribution in [0.2, 0.25) is 0 Å². The monoisotopic (exact) mass is 305 g/mol. The van der Waals surface area contributed by atoms with Gasteiger partial charge in [-0.15, -0.1) is 0 Å². The minimum absolute atomic E-state index is 0.525. The fourth-order valence-electron chi connectivity index (χ4n) is 1.26. The van der Waals surface area contributed by atoms with E-state index in [0.29, 0.717) is 0 Å². The summed E-state index contributed by atoms with van der Waals surface area (Å²) in [7, 11) is 0. The Kier molecular flexibility index (Phi) is 4.22. The average Bonchev–Trinajstić information content (AvgIpc) is 2.25. The lowest BCUT2D eigenvalue weighted by Crippen LogP contribution is -2.67. The van der Waals surface area contributed by atoms with Crippen molar-refractivity contribution in [3.63, 3.8) is 0 Å². The molecular weight excluding hydrogens is 292 g/mol. The number of nitrogens with zero attached hydrogens (tertiary/aromatic N) is 2. The predicted molar refractivity (Wildman–Crippen MR) is 59.9 cm³/mol. The summed E-state index contributed by atoms with van der Waals surface area (Å²) in [5.41, 5.74) is 5.43. The Bertz CT molecular complexity index is 414. The summed E-state index contributed by atoms with van der Waals surface area (Å²) in [5, 5.41) is 4.22. The van der Waals surface area contributed by atoms with E-state index in [1.807, 2.05) is 5.32 Å². The van der Waals surface area contributed by atoms with E-state index in [0.717, 1.165) is 20.2 Å². The van der Waals surface area contributed by atoms with Crippen LogP contribution in [0.3, 0.4) is 0 Å². The Hall–Kier alpha value is -1.52. The van der Waals surface area contributed by atoms with E-state index in [-0.39, 0.29) is 0 Å². The van der Waals surface area contributed by atoms with Crippen molar-refractivity contribution in [2.24, 2.45) is 21.6 Å². The number of nitrogens with two attached hydrogens (primary N) is 1. The van der Waals surface area contributed by atoms with Gasteiger partial charge in [0.2, 0.25) is 0 Å². The summed E-state index contributed by atoms with van der Waals surface area (Å²) in [6.45, 7) is 1.52. The first kappa shape index (κ1) is 16.5. The highest BCUT2D eigenvalue weighted by Gasteiger charge is 2.50. The first-order valence-corrected chi connectivity index (χ1v) is 5.45. The molecule has 0 spiro atoms. The van der Waals surface area contributed by atoms with Crippen LogP contribution >= 0.6 is 0 Å². The number of nitrogens with one attached hydrogen (secondary N) is 2. The molecule has 4 N–H and O–H groups in total. The highest BCUT2D eigenvalue weighted by Crippen LogP contribution is 2.32. The number of rotatable bonds is 2. The maximum absolute atomic E-state index is 12.6. The molecule has 1 rings (SSSR count). The van der Waals surface area contributed by atoms with Crippen LogP contribution in [0, 0.1) is 5.92 Å². The minimum atomic E-state index is -4.67. The molecule has 0 bridgehead atoms. The van der Waals surface area contributed by atoms with Crippen molar-refractivity contribution in [3.8, 4) is 0 Å². The third-order valence-corrected chi connectivity index (χ3v) is 2.75. The van der Waals surface area contributed by atoms with Crippen molar-refractivity contribution in [2.75, 3.05) is 0 Å². The molecule has 0 aromatic heterocycles. The summed E-state index contributed by atoms with van der Waals surface area (Å²) >= 11 is 0. The van der Waals surface area contributed by atoms with Crippen molar-refractivity contribution < 1.29 is 26.3 Å². The van der Waals surface area contributed by atoms with Crippen LogP contribution in [-0.4, -0.2) is 36.5 Å². The number of aliphatic imine (C=N–C) groups is 2. The van der Waals surface area contributed by atoms with Gasteiger partial charge in [-0.05, 0) is 13.8 Å². The lowest BCUT2D eigenvalue weighted by Gasteiger charge is -2.36. The fraction of sp³-hybridized carbons (Fsp3) is 0.778. The number of hydrogen-bond acceptors (Lipinski definition) is 3. The van der Waals surface area contributed by atoms with Crippen LogP contribution in [0.15, 0.2) is 9.98 Å². The maximum Gasteiger partial charge on any atom is 0.410 e. The van der Waals surface area contributed by atoms with Crippen molar-refractivity contribution >= 4 is 12.3 Å². The molecule has 0 fully saturated rings. The molecule has 3 atom stereocenters. The third-order valence-electron chi connectivity index (χ3n) is 2.75. The molecule has 0 amide bonds. The van der Waals surface area contributed by atoms with E-state index in [1.54, 1.807) is 0 Å². The van der Waals surface area contributed by atoms with E-state index >= 15 is 0 Å². The Morgan fingerprint density at radius 2 is 1.75 bits per heavy atom. The van der Waals surface area contributed by atoms with Gasteiger partial charge in [0.1, 0.15) is 12.0 Å². The van der Waals surface area contributed by atoms with Gasteiger partial charge in [-0.1, -0.05) is 0 Å². The average molecular weight is 305 g/mol. The first-order valence-electron chi connectivity index (χ1n) is 5.45. The van der Waals surface area contributed by atoms with E-state index in [1.165, 1.54) is 0 Å². The second-order valence-corrected chi connectivity index (χ2v) is 4.31. The number of hydrogen-bond donors (Lipinski definition) is 3. The molecule has 1 aliphatic rings.